The van der Waals surface area contributed by atoms with Gasteiger partial charge in [0.1, 0.15) is 17.4 Å². The van der Waals surface area contributed by atoms with E-state index in [1.54, 1.807) is 7.11 Å². The summed E-state index contributed by atoms with van der Waals surface area (Å²) in [5.74, 6) is 2.54. The highest BCUT2D eigenvalue weighted by Crippen LogP contribution is 2.22. The Morgan fingerprint density at radius 3 is 2.30 bits per heavy atom. The molecule has 1 aromatic heterocycles. The van der Waals surface area contributed by atoms with E-state index in [1.807, 2.05) is 48.5 Å². The lowest BCUT2D eigenvalue weighted by molar-refractivity contribution is 0.414. The molecular formula is C23H21N3O. The first-order valence-corrected chi connectivity index (χ1v) is 8.98. The number of aromatic nitrogens is 2. The minimum atomic E-state index is 0.690. The fraction of sp³-hybridized carbons (Fsp3) is 0.130. The summed E-state index contributed by atoms with van der Waals surface area (Å²) in [6, 6.07) is 26.5. The number of nitrogens with zero attached hydrogens (tertiary/aromatic N) is 2. The number of benzene rings is 3. The summed E-state index contributed by atoms with van der Waals surface area (Å²) in [6.45, 7) is 0.690. The van der Waals surface area contributed by atoms with Crippen molar-refractivity contribution in [3.63, 3.8) is 0 Å². The van der Waals surface area contributed by atoms with Crippen molar-refractivity contribution >= 4 is 16.7 Å². The van der Waals surface area contributed by atoms with Crippen LogP contribution in [-0.2, 0) is 13.0 Å². The molecule has 0 spiro atoms. The van der Waals surface area contributed by atoms with E-state index < -0.39 is 0 Å². The predicted octanol–water partition coefficient (Wildman–Crippen LogP) is 4.84. The zero-order chi connectivity index (χ0) is 18.5. The van der Waals surface area contributed by atoms with Crippen molar-refractivity contribution < 1.29 is 4.74 Å². The maximum absolute atomic E-state index is 5.22. The van der Waals surface area contributed by atoms with Gasteiger partial charge in [-0.15, -0.1) is 0 Å². The topological polar surface area (TPSA) is 47.0 Å². The lowest BCUT2D eigenvalue weighted by Crippen LogP contribution is -2.06. The van der Waals surface area contributed by atoms with Gasteiger partial charge < -0.3 is 10.1 Å². The highest BCUT2D eigenvalue weighted by atomic mass is 16.5. The first-order valence-electron chi connectivity index (χ1n) is 8.98. The molecule has 0 aliphatic carbocycles. The molecule has 0 saturated carbocycles. The average molecular weight is 355 g/mol. The normalized spacial score (nSPS) is 10.7. The van der Waals surface area contributed by atoms with Gasteiger partial charge in [-0.2, -0.15) is 0 Å². The molecule has 0 unspecified atom stereocenters. The molecule has 0 saturated heterocycles. The highest BCUT2D eigenvalue weighted by molar-refractivity contribution is 5.89. The molecule has 4 aromatic rings. The fourth-order valence-electron chi connectivity index (χ4n) is 3.05. The van der Waals surface area contributed by atoms with E-state index in [0.29, 0.717) is 13.0 Å². The van der Waals surface area contributed by atoms with E-state index in [-0.39, 0.29) is 0 Å². The second-order valence-corrected chi connectivity index (χ2v) is 6.37. The van der Waals surface area contributed by atoms with E-state index in [1.165, 1.54) is 11.1 Å². The zero-order valence-corrected chi connectivity index (χ0v) is 15.2. The lowest BCUT2D eigenvalue weighted by Gasteiger charge is -2.11. The Labute approximate surface area is 158 Å². The largest absolute Gasteiger partial charge is 0.497 e. The summed E-state index contributed by atoms with van der Waals surface area (Å²) in [7, 11) is 1.68. The van der Waals surface area contributed by atoms with Gasteiger partial charge in [-0.1, -0.05) is 54.6 Å². The Balaban J connectivity index is 1.61. The molecule has 0 aliphatic rings. The van der Waals surface area contributed by atoms with E-state index in [4.69, 9.17) is 14.7 Å². The molecular weight excluding hydrogens is 334 g/mol. The van der Waals surface area contributed by atoms with Gasteiger partial charge in [0, 0.05) is 18.4 Å². The van der Waals surface area contributed by atoms with Crippen LogP contribution in [0.1, 0.15) is 17.0 Å². The van der Waals surface area contributed by atoms with Crippen LogP contribution < -0.4 is 10.1 Å². The SMILES string of the molecule is COc1ccc(CNc2nc(Cc3ccccc3)nc3ccccc23)cc1. The lowest BCUT2D eigenvalue weighted by atomic mass is 10.1. The molecule has 0 atom stereocenters. The van der Waals surface area contributed by atoms with Crippen LogP contribution in [0.4, 0.5) is 5.82 Å². The molecule has 3 aromatic carbocycles. The third-order valence-electron chi connectivity index (χ3n) is 4.47. The maximum Gasteiger partial charge on any atom is 0.137 e. The van der Waals surface area contributed by atoms with Gasteiger partial charge in [0.15, 0.2) is 0 Å². The summed E-state index contributed by atoms with van der Waals surface area (Å²) in [5, 5.41) is 4.51. The minimum Gasteiger partial charge on any atom is -0.497 e. The van der Waals surface area contributed by atoms with Gasteiger partial charge in [0.05, 0.1) is 12.6 Å². The minimum absolute atomic E-state index is 0.690. The average Bonchev–Trinajstić information content (AvgIpc) is 2.73. The first kappa shape index (κ1) is 17.0. The smallest absolute Gasteiger partial charge is 0.137 e. The second kappa shape index (κ2) is 7.87. The summed E-state index contributed by atoms with van der Waals surface area (Å²) >= 11 is 0. The number of hydrogen-bond donors (Lipinski definition) is 1. The predicted molar refractivity (Wildman–Crippen MR) is 109 cm³/mol. The Bertz CT molecular complexity index is 1030. The van der Waals surface area contributed by atoms with Crippen LogP contribution in [0.2, 0.25) is 0 Å². The van der Waals surface area contributed by atoms with Crippen LogP contribution in [0.3, 0.4) is 0 Å². The van der Waals surface area contributed by atoms with Crippen LogP contribution in [0.25, 0.3) is 10.9 Å². The van der Waals surface area contributed by atoms with E-state index in [2.05, 4.69) is 35.6 Å². The number of nitrogens with one attached hydrogen (secondary N) is 1. The molecule has 27 heavy (non-hydrogen) atoms. The molecule has 1 N–H and O–H groups in total. The Morgan fingerprint density at radius 1 is 0.778 bits per heavy atom. The number of fused-ring (bicyclic) bond motifs is 1. The molecule has 4 rings (SSSR count). The summed E-state index contributed by atoms with van der Waals surface area (Å²) < 4.78 is 5.22. The number of ether oxygens (including phenoxy) is 1. The van der Waals surface area contributed by atoms with Crippen LogP contribution in [0.5, 0.6) is 5.75 Å². The number of methoxy groups -OCH3 is 1. The van der Waals surface area contributed by atoms with Gasteiger partial charge in [0.2, 0.25) is 0 Å². The van der Waals surface area contributed by atoms with Crippen molar-refractivity contribution in [1.29, 1.82) is 0 Å². The van der Waals surface area contributed by atoms with Crippen molar-refractivity contribution in [1.82, 2.24) is 9.97 Å². The number of rotatable bonds is 6. The molecule has 0 fully saturated rings. The van der Waals surface area contributed by atoms with Crippen LogP contribution in [-0.4, -0.2) is 17.1 Å². The number of para-hydroxylation sites is 1. The summed E-state index contributed by atoms with van der Waals surface area (Å²) in [4.78, 5) is 9.54. The van der Waals surface area contributed by atoms with E-state index in [0.717, 1.165) is 28.3 Å². The van der Waals surface area contributed by atoms with Crippen LogP contribution in [0, 0.1) is 0 Å². The Morgan fingerprint density at radius 2 is 1.52 bits per heavy atom. The molecule has 0 aliphatic heterocycles. The standard InChI is InChI=1S/C23H21N3O/c1-27-19-13-11-18(12-14-19)16-24-23-20-9-5-6-10-21(20)25-22(26-23)15-17-7-3-2-4-8-17/h2-14H,15-16H2,1H3,(H,24,25,26). The molecule has 134 valence electrons. The third-order valence-corrected chi connectivity index (χ3v) is 4.47. The Kier molecular flexibility index (Phi) is 4.97. The summed E-state index contributed by atoms with van der Waals surface area (Å²) in [6.07, 6.45) is 0.711. The monoisotopic (exact) mass is 355 g/mol. The molecule has 0 bridgehead atoms. The third kappa shape index (κ3) is 4.06. The van der Waals surface area contributed by atoms with Crippen molar-refractivity contribution in [2.75, 3.05) is 12.4 Å². The molecule has 0 radical (unpaired) electrons. The van der Waals surface area contributed by atoms with Gasteiger partial charge in [-0.05, 0) is 35.4 Å². The van der Waals surface area contributed by atoms with Crippen LogP contribution in [0.15, 0.2) is 78.9 Å². The van der Waals surface area contributed by atoms with Gasteiger partial charge in [0.25, 0.3) is 0 Å². The summed E-state index contributed by atoms with van der Waals surface area (Å²) in [5.41, 5.74) is 3.33. The van der Waals surface area contributed by atoms with Crippen molar-refractivity contribution in [3.8, 4) is 5.75 Å². The van der Waals surface area contributed by atoms with Gasteiger partial charge in [-0.25, -0.2) is 9.97 Å². The van der Waals surface area contributed by atoms with E-state index in [9.17, 15) is 0 Å². The zero-order valence-electron chi connectivity index (χ0n) is 15.2. The molecule has 4 nitrogen and oxygen atoms in total. The Hall–Kier alpha value is -3.40. The first-order chi connectivity index (χ1) is 13.3. The van der Waals surface area contributed by atoms with Gasteiger partial charge >= 0.3 is 0 Å². The van der Waals surface area contributed by atoms with Crippen molar-refractivity contribution in [2.45, 2.75) is 13.0 Å². The second-order valence-electron chi connectivity index (χ2n) is 6.37. The highest BCUT2D eigenvalue weighted by Gasteiger charge is 2.08. The molecule has 1 heterocycles. The molecule has 4 heteroatoms. The van der Waals surface area contributed by atoms with Crippen molar-refractivity contribution in [3.05, 3.63) is 95.8 Å². The van der Waals surface area contributed by atoms with Crippen LogP contribution >= 0.6 is 0 Å². The number of anilines is 1. The maximum atomic E-state index is 5.22. The van der Waals surface area contributed by atoms with Gasteiger partial charge in [-0.3, -0.25) is 0 Å². The van der Waals surface area contributed by atoms with E-state index >= 15 is 0 Å². The fourth-order valence-corrected chi connectivity index (χ4v) is 3.05. The van der Waals surface area contributed by atoms with Crippen molar-refractivity contribution in [2.24, 2.45) is 0 Å². The molecule has 0 amide bonds. The quantitative estimate of drug-likeness (QED) is 0.537. The number of hydrogen-bond acceptors (Lipinski definition) is 4.